The lowest BCUT2D eigenvalue weighted by atomic mass is 9.94. The van der Waals surface area contributed by atoms with Crippen LogP contribution in [0, 0.1) is 5.41 Å². The number of aliphatic hydroxyl groups is 1. The summed E-state index contributed by atoms with van der Waals surface area (Å²) in [6, 6.07) is 0. The largest absolute Gasteiger partial charge is 0.390 e. The van der Waals surface area contributed by atoms with Gasteiger partial charge in [-0.25, -0.2) is 0 Å². The molecule has 1 N–H and O–H groups in total. The van der Waals surface area contributed by atoms with Crippen molar-refractivity contribution in [2.24, 2.45) is 5.41 Å². The van der Waals surface area contributed by atoms with E-state index in [1.165, 1.54) is 0 Å². The van der Waals surface area contributed by atoms with E-state index in [9.17, 15) is 9.90 Å². The second kappa shape index (κ2) is 2.59. The first-order valence-corrected chi connectivity index (χ1v) is 4.16. The Kier molecular flexibility index (Phi) is 2.06. The number of hydrogen-bond donors (Lipinski definition) is 1. The van der Waals surface area contributed by atoms with E-state index in [1.54, 1.807) is 13.8 Å². The molecule has 0 unspecified atom stereocenters. The number of rotatable bonds is 4. The van der Waals surface area contributed by atoms with Crippen LogP contribution in [0.1, 0.15) is 39.5 Å². The van der Waals surface area contributed by atoms with Crippen molar-refractivity contribution in [3.8, 4) is 0 Å². The first-order chi connectivity index (χ1) is 4.97. The van der Waals surface area contributed by atoms with Gasteiger partial charge in [0.2, 0.25) is 0 Å². The average Bonchev–Trinajstić information content (AvgIpc) is 2.63. The molecule has 0 aromatic heterocycles. The molecule has 1 rings (SSSR count). The van der Waals surface area contributed by atoms with Gasteiger partial charge in [0, 0.05) is 5.41 Å². The number of carbonyl (C=O) groups excluding carboxylic acids is 1. The van der Waals surface area contributed by atoms with Crippen molar-refractivity contribution in [1.82, 2.24) is 0 Å². The summed E-state index contributed by atoms with van der Waals surface area (Å²) in [5, 5.41) is 9.39. The predicted octanol–water partition coefficient (Wildman–Crippen LogP) is 1.52. The van der Waals surface area contributed by atoms with E-state index in [-0.39, 0.29) is 5.41 Å². The van der Waals surface area contributed by atoms with Crippen LogP contribution in [0.5, 0.6) is 0 Å². The van der Waals surface area contributed by atoms with Gasteiger partial charge in [0.25, 0.3) is 0 Å². The minimum atomic E-state index is -0.612. The van der Waals surface area contributed by atoms with Crippen LogP contribution in [0.15, 0.2) is 0 Å². The Hall–Kier alpha value is -0.370. The van der Waals surface area contributed by atoms with Crippen LogP contribution < -0.4 is 0 Å². The fraction of sp³-hybridized carbons (Fsp3) is 0.889. The van der Waals surface area contributed by atoms with Crippen molar-refractivity contribution in [3.63, 3.8) is 0 Å². The molecule has 11 heavy (non-hydrogen) atoms. The van der Waals surface area contributed by atoms with Crippen LogP contribution in [0.25, 0.3) is 0 Å². The second-order valence-corrected chi connectivity index (χ2v) is 4.29. The lowest BCUT2D eigenvalue weighted by Crippen LogP contribution is -2.20. The molecular formula is C9H16O2. The average molecular weight is 156 g/mol. The summed E-state index contributed by atoms with van der Waals surface area (Å²) >= 11 is 0. The highest BCUT2D eigenvalue weighted by Crippen LogP contribution is 2.48. The molecule has 0 atom stereocenters. The Balaban J connectivity index is 2.27. The van der Waals surface area contributed by atoms with Gasteiger partial charge in [0.1, 0.15) is 6.29 Å². The quantitative estimate of drug-likeness (QED) is 0.626. The SMILES string of the molecule is CC(C)(O)CCC1(C=O)CC1. The Morgan fingerprint density at radius 1 is 1.55 bits per heavy atom. The zero-order valence-corrected chi connectivity index (χ0v) is 7.26. The Morgan fingerprint density at radius 3 is 2.36 bits per heavy atom. The molecule has 0 aromatic rings. The molecule has 1 fully saturated rings. The van der Waals surface area contributed by atoms with Gasteiger partial charge in [-0.2, -0.15) is 0 Å². The predicted molar refractivity (Wildman–Crippen MR) is 43.3 cm³/mol. The van der Waals surface area contributed by atoms with E-state index in [1.807, 2.05) is 0 Å². The lowest BCUT2D eigenvalue weighted by Gasteiger charge is -2.18. The maximum absolute atomic E-state index is 10.5. The molecule has 0 aromatic carbocycles. The molecule has 1 aliphatic rings. The fourth-order valence-electron chi connectivity index (χ4n) is 1.14. The van der Waals surface area contributed by atoms with E-state index in [0.717, 1.165) is 32.0 Å². The van der Waals surface area contributed by atoms with Crippen molar-refractivity contribution < 1.29 is 9.90 Å². The third-order valence-electron chi connectivity index (χ3n) is 2.38. The van der Waals surface area contributed by atoms with Gasteiger partial charge in [-0.3, -0.25) is 0 Å². The molecular weight excluding hydrogens is 140 g/mol. The first kappa shape index (κ1) is 8.72. The van der Waals surface area contributed by atoms with Gasteiger partial charge in [0.15, 0.2) is 0 Å². The Morgan fingerprint density at radius 2 is 2.09 bits per heavy atom. The smallest absolute Gasteiger partial charge is 0.126 e. The topological polar surface area (TPSA) is 37.3 Å². The van der Waals surface area contributed by atoms with E-state index < -0.39 is 5.60 Å². The minimum absolute atomic E-state index is 0.0417. The number of carbonyl (C=O) groups is 1. The zero-order chi connectivity index (χ0) is 8.54. The zero-order valence-electron chi connectivity index (χ0n) is 7.26. The van der Waals surface area contributed by atoms with E-state index in [0.29, 0.717) is 0 Å². The van der Waals surface area contributed by atoms with Crippen molar-refractivity contribution in [1.29, 1.82) is 0 Å². The van der Waals surface area contributed by atoms with Crippen molar-refractivity contribution in [2.75, 3.05) is 0 Å². The minimum Gasteiger partial charge on any atom is -0.390 e. The maximum atomic E-state index is 10.5. The molecule has 0 saturated heterocycles. The highest BCUT2D eigenvalue weighted by Gasteiger charge is 2.42. The van der Waals surface area contributed by atoms with Crippen molar-refractivity contribution >= 4 is 6.29 Å². The van der Waals surface area contributed by atoms with Crippen LogP contribution in [0.4, 0.5) is 0 Å². The van der Waals surface area contributed by atoms with Gasteiger partial charge in [-0.05, 0) is 39.5 Å². The first-order valence-electron chi connectivity index (χ1n) is 4.16. The molecule has 0 spiro atoms. The van der Waals surface area contributed by atoms with Crippen molar-refractivity contribution in [2.45, 2.75) is 45.1 Å². The standard InChI is InChI=1S/C9H16O2/c1-8(2,11)3-4-9(7-10)5-6-9/h7,11H,3-6H2,1-2H3. The van der Waals surface area contributed by atoms with Gasteiger partial charge >= 0.3 is 0 Å². The summed E-state index contributed by atoms with van der Waals surface area (Å²) in [4.78, 5) is 10.5. The van der Waals surface area contributed by atoms with E-state index in [4.69, 9.17) is 0 Å². The normalized spacial score (nSPS) is 21.4. The molecule has 0 bridgehead atoms. The summed E-state index contributed by atoms with van der Waals surface area (Å²) in [5.41, 5.74) is -0.654. The van der Waals surface area contributed by atoms with Gasteiger partial charge in [0.05, 0.1) is 5.60 Å². The Labute approximate surface area is 67.6 Å². The summed E-state index contributed by atoms with van der Waals surface area (Å²) in [6.07, 6.45) is 4.67. The highest BCUT2D eigenvalue weighted by molar-refractivity contribution is 5.63. The molecule has 1 aliphatic carbocycles. The van der Waals surface area contributed by atoms with Gasteiger partial charge in [-0.15, -0.1) is 0 Å². The summed E-state index contributed by atoms with van der Waals surface area (Å²) in [5.74, 6) is 0. The molecule has 1 saturated carbocycles. The van der Waals surface area contributed by atoms with Crippen LogP contribution in [-0.2, 0) is 4.79 Å². The monoisotopic (exact) mass is 156 g/mol. The maximum Gasteiger partial charge on any atom is 0.126 e. The second-order valence-electron chi connectivity index (χ2n) is 4.29. The third-order valence-corrected chi connectivity index (χ3v) is 2.38. The van der Waals surface area contributed by atoms with Crippen LogP contribution in [-0.4, -0.2) is 17.0 Å². The molecule has 0 amide bonds. The van der Waals surface area contributed by atoms with Crippen LogP contribution in [0.3, 0.4) is 0 Å². The lowest BCUT2D eigenvalue weighted by molar-refractivity contribution is -0.112. The molecule has 2 nitrogen and oxygen atoms in total. The van der Waals surface area contributed by atoms with E-state index >= 15 is 0 Å². The van der Waals surface area contributed by atoms with Gasteiger partial charge in [-0.1, -0.05) is 0 Å². The molecule has 0 heterocycles. The highest BCUT2D eigenvalue weighted by atomic mass is 16.3. The summed E-state index contributed by atoms with van der Waals surface area (Å²) in [6.45, 7) is 3.57. The summed E-state index contributed by atoms with van der Waals surface area (Å²) in [7, 11) is 0. The van der Waals surface area contributed by atoms with Crippen LogP contribution in [0.2, 0.25) is 0 Å². The number of aldehydes is 1. The van der Waals surface area contributed by atoms with Crippen LogP contribution >= 0.6 is 0 Å². The molecule has 0 radical (unpaired) electrons. The number of hydrogen-bond acceptors (Lipinski definition) is 2. The summed E-state index contributed by atoms with van der Waals surface area (Å²) < 4.78 is 0. The molecule has 0 aliphatic heterocycles. The fourth-order valence-corrected chi connectivity index (χ4v) is 1.14. The van der Waals surface area contributed by atoms with E-state index in [2.05, 4.69) is 0 Å². The molecule has 64 valence electrons. The third kappa shape index (κ3) is 2.62. The van der Waals surface area contributed by atoms with Gasteiger partial charge < -0.3 is 9.90 Å². The Bertz CT molecular complexity index is 151. The molecule has 2 heteroatoms. The van der Waals surface area contributed by atoms with Crippen molar-refractivity contribution in [3.05, 3.63) is 0 Å².